The Balaban J connectivity index is 3.16. The molecule has 0 saturated heterocycles. The Hall–Kier alpha value is -1.77. The van der Waals surface area contributed by atoms with Crippen molar-refractivity contribution in [1.29, 1.82) is 0 Å². The molecule has 1 rings (SSSR count). The summed E-state index contributed by atoms with van der Waals surface area (Å²) in [6, 6.07) is 4.63. The lowest BCUT2D eigenvalue weighted by Gasteiger charge is -2.10. The molecule has 3 heteroatoms. The predicted octanol–water partition coefficient (Wildman–Crippen LogP) is 2.47. The van der Waals surface area contributed by atoms with Crippen LogP contribution in [0, 0.1) is 0 Å². The number of aromatic hydroxyl groups is 1. The van der Waals surface area contributed by atoms with Gasteiger partial charge in [-0.05, 0) is 18.2 Å². The minimum atomic E-state index is -0.410. The summed E-state index contributed by atoms with van der Waals surface area (Å²) in [6.45, 7) is 5.54. The average Bonchev–Trinajstić information content (AvgIpc) is 2.27. The number of rotatable bonds is 3. The summed E-state index contributed by atoms with van der Waals surface area (Å²) in [5.41, 5.74) is 1.10. The molecule has 0 aliphatic carbocycles. The van der Waals surface area contributed by atoms with Gasteiger partial charge in [0.2, 0.25) is 0 Å². The van der Waals surface area contributed by atoms with Crippen molar-refractivity contribution in [3.8, 4) is 5.75 Å². The molecule has 0 amide bonds. The lowest BCUT2D eigenvalue weighted by molar-refractivity contribution is 0.0600. The third-order valence-corrected chi connectivity index (χ3v) is 2.29. The van der Waals surface area contributed by atoms with Crippen molar-refractivity contribution in [3.63, 3.8) is 0 Å². The average molecular weight is 206 g/mol. The van der Waals surface area contributed by atoms with E-state index >= 15 is 0 Å². The van der Waals surface area contributed by atoms with E-state index in [0.29, 0.717) is 11.1 Å². The molecule has 0 heterocycles. The van der Waals surface area contributed by atoms with Crippen LogP contribution in [-0.4, -0.2) is 18.2 Å². The molecule has 0 radical (unpaired) electrons. The Bertz CT molecular complexity index is 382. The van der Waals surface area contributed by atoms with Gasteiger partial charge in [0.25, 0.3) is 0 Å². The number of phenols is 1. The first-order chi connectivity index (χ1) is 7.10. The van der Waals surface area contributed by atoms with Crippen LogP contribution in [0.2, 0.25) is 0 Å². The maximum absolute atomic E-state index is 11.3. The normalized spacial score (nSPS) is 11.9. The van der Waals surface area contributed by atoms with Gasteiger partial charge in [-0.2, -0.15) is 0 Å². The molecule has 1 N–H and O–H groups in total. The third-order valence-electron chi connectivity index (χ3n) is 2.29. The number of ether oxygens (including phenoxy) is 1. The summed E-state index contributed by atoms with van der Waals surface area (Å²) in [6.07, 6.45) is 1.70. The maximum Gasteiger partial charge on any atom is 0.337 e. The molecule has 0 fully saturated rings. The van der Waals surface area contributed by atoms with E-state index in [4.69, 9.17) is 0 Å². The maximum atomic E-state index is 11.3. The van der Waals surface area contributed by atoms with Crippen LogP contribution >= 0.6 is 0 Å². The van der Waals surface area contributed by atoms with Crippen LogP contribution < -0.4 is 0 Å². The topological polar surface area (TPSA) is 46.5 Å². The summed E-state index contributed by atoms with van der Waals surface area (Å²) in [5, 5.41) is 9.59. The van der Waals surface area contributed by atoms with Gasteiger partial charge in [-0.25, -0.2) is 4.79 Å². The molecule has 1 aromatic carbocycles. The van der Waals surface area contributed by atoms with Crippen molar-refractivity contribution in [1.82, 2.24) is 0 Å². The molecule has 3 nitrogen and oxygen atoms in total. The van der Waals surface area contributed by atoms with Gasteiger partial charge in [-0.1, -0.05) is 13.0 Å². The highest BCUT2D eigenvalue weighted by Gasteiger charge is 2.12. The van der Waals surface area contributed by atoms with E-state index in [1.165, 1.54) is 19.2 Å². The third kappa shape index (κ3) is 2.37. The number of phenolic OH excluding ortho intramolecular Hbond substituents is 1. The van der Waals surface area contributed by atoms with Gasteiger partial charge in [-0.15, -0.1) is 6.58 Å². The Morgan fingerprint density at radius 2 is 2.27 bits per heavy atom. The van der Waals surface area contributed by atoms with Crippen LogP contribution in [-0.2, 0) is 4.74 Å². The van der Waals surface area contributed by atoms with Gasteiger partial charge in [0, 0.05) is 11.5 Å². The zero-order valence-electron chi connectivity index (χ0n) is 8.86. The van der Waals surface area contributed by atoms with Crippen LogP contribution in [0.5, 0.6) is 5.75 Å². The molecule has 0 aliphatic rings. The standard InChI is InChI=1S/C12H14O3/c1-4-8(2)10-7-9(12(14)15-3)5-6-11(10)13/h4-8,13H,1H2,2-3H3. The molecular formula is C12H14O3. The van der Waals surface area contributed by atoms with Crippen LogP contribution in [0.3, 0.4) is 0 Å². The first-order valence-corrected chi connectivity index (χ1v) is 4.64. The lowest BCUT2D eigenvalue weighted by atomic mass is 9.98. The zero-order valence-corrected chi connectivity index (χ0v) is 8.86. The summed E-state index contributed by atoms with van der Waals surface area (Å²) in [4.78, 5) is 11.3. The van der Waals surface area contributed by atoms with Crippen LogP contribution in [0.25, 0.3) is 0 Å². The van der Waals surface area contributed by atoms with Crippen LogP contribution in [0.15, 0.2) is 30.9 Å². The highest BCUT2D eigenvalue weighted by Crippen LogP contribution is 2.27. The summed E-state index contributed by atoms with van der Waals surface area (Å²) in [7, 11) is 1.33. The van der Waals surface area contributed by atoms with E-state index in [-0.39, 0.29) is 11.7 Å². The second-order valence-electron chi connectivity index (χ2n) is 3.29. The largest absolute Gasteiger partial charge is 0.508 e. The van der Waals surface area contributed by atoms with Gasteiger partial charge >= 0.3 is 5.97 Å². The van der Waals surface area contributed by atoms with Gasteiger partial charge in [-0.3, -0.25) is 0 Å². The van der Waals surface area contributed by atoms with Crippen molar-refractivity contribution in [2.24, 2.45) is 0 Å². The van der Waals surface area contributed by atoms with E-state index in [2.05, 4.69) is 11.3 Å². The SMILES string of the molecule is C=CC(C)c1cc(C(=O)OC)ccc1O. The van der Waals surface area contributed by atoms with Gasteiger partial charge in [0.1, 0.15) is 5.75 Å². The first kappa shape index (κ1) is 11.3. The fraction of sp³-hybridized carbons (Fsp3) is 0.250. The van der Waals surface area contributed by atoms with E-state index in [0.717, 1.165) is 0 Å². The van der Waals surface area contributed by atoms with Gasteiger partial charge in [0.05, 0.1) is 12.7 Å². The van der Waals surface area contributed by atoms with Crippen LogP contribution in [0.1, 0.15) is 28.8 Å². The molecule has 80 valence electrons. The minimum absolute atomic E-state index is 0.00499. The molecule has 15 heavy (non-hydrogen) atoms. The molecule has 0 saturated carbocycles. The molecule has 1 unspecified atom stereocenters. The number of esters is 1. The highest BCUT2D eigenvalue weighted by atomic mass is 16.5. The number of methoxy groups -OCH3 is 1. The number of hydrogen-bond donors (Lipinski definition) is 1. The number of allylic oxidation sites excluding steroid dienone is 1. The quantitative estimate of drug-likeness (QED) is 0.610. The molecule has 0 spiro atoms. The fourth-order valence-corrected chi connectivity index (χ4v) is 1.29. The Labute approximate surface area is 89.0 Å². The summed E-state index contributed by atoms with van der Waals surface area (Å²) >= 11 is 0. The van der Waals surface area contributed by atoms with Crippen molar-refractivity contribution in [2.45, 2.75) is 12.8 Å². The second kappa shape index (κ2) is 4.64. The minimum Gasteiger partial charge on any atom is -0.508 e. The first-order valence-electron chi connectivity index (χ1n) is 4.64. The highest BCUT2D eigenvalue weighted by molar-refractivity contribution is 5.89. The summed E-state index contributed by atoms with van der Waals surface area (Å²) < 4.78 is 4.60. The molecule has 0 aromatic heterocycles. The predicted molar refractivity (Wildman–Crippen MR) is 58.1 cm³/mol. The van der Waals surface area contributed by atoms with Crippen molar-refractivity contribution < 1.29 is 14.6 Å². The molecule has 0 aliphatic heterocycles. The molecule has 1 atom stereocenters. The number of benzene rings is 1. The fourth-order valence-electron chi connectivity index (χ4n) is 1.29. The van der Waals surface area contributed by atoms with Crippen molar-refractivity contribution in [3.05, 3.63) is 42.0 Å². The number of carbonyl (C=O) groups excluding carboxylic acids is 1. The Morgan fingerprint density at radius 1 is 1.60 bits per heavy atom. The molecular weight excluding hydrogens is 192 g/mol. The summed E-state index contributed by atoms with van der Waals surface area (Å²) in [5.74, 6) is -0.253. The van der Waals surface area contributed by atoms with Gasteiger partial charge < -0.3 is 9.84 Å². The van der Waals surface area contributed by atoms with Gasteiger partial charge in [0.15, 0.2) is 0 Å². The Morgan fingerprint density at radius 3 is 2.80 bits per heavy atom. The lowest BCUT2D eigenvalue weighted by Crippen LogP contribution is -2.02. The molecule has 1 aromatic rings. The van der Waals surface area contributed by atoms with Crippen LogP contribution in [0.4, 0.5) is 0 Å². The second-order valence-corrected chi connectivity index (χ2v) is 3.29. The van der Waals surface area contributed by atoms with Crippen molar-refractivity contribution >= 4 is 5.97 Å². The number of carbonyl (C=O) groups is 1. The molecule has 0 bridgehead atoms. The number of hydrogen-bond acceptors (Lipinski definition) is 3. The van der Waals surface area contributed by atoms with E-state index in [1.807, 2.05) is 6.92 Å². The van der Waals surface area contributed by atoms with E-state index in [1.54, 1.807) is 12.1 Å². The zero-order chi connectivity index (χ0) is 11.4. The smallest absolute Gasteiger partial charge is 0.337 e. The van der Waals surface area contributed by atoms with E-state index < -0.39 is 5.97 Å². The van der Waals surface area contributed by atoms with Crippen molar-refractivity contribution in [2.75, 3.05) is 7.11 Å². The Kier molecular flexibility index (Phi) is 3.50. The monoisotopic (exact) mass is 206 g/mol. The van der Waals surface area contributed by atoms with E-state index in [9.17, 15) is 9.90 Å².